The molecule has 0 atom stereocenters. The second kappa shape index (κ2) is 3.42. The van der Waals surface area contributed by atoms with E-state index in [0.29, 0.717) is 10.9 Å². The van der Waals surface area contributed by atoms with Crippen molar-refractivity contribution < 1.29 is 4.74 Å². The molecule has 4 heteroatoms. The molecule has 0 saturated heterocycles. The van der Waals surface area contributed by atoms with Crippen molar-refractivity contribution in [2.75, 3.05) is 7.11 Å². The second-order valence-corrected chi connectivity index (χ2v) is 3.38. The zero-order valence-corrected chi connectivity index (χ0v) is 8.67. The first-order valence-electron chi connectivity index (χ1n) is 4.17. The first-order chi connectivity index (χ1) is 6.72. The topological polar surface area (TPSA) is 35.0 Å². The molecule has 0 unspecified atom stereocenters. The van der Waals surface area contributed by atoms with Crippen LogP contribution in [0.4, 0.5) is 0 Å². The number of methoxy groups -OCH3 is 1. The van der Waals surface area contributed by atoms with E-state index in [1.54, 1.807) is 19.5 Å². The van der Waals surface area contributed by atoms with Gasteiger partial charge in [-0.2, -0.15) is 0 Å². The zero-order valence-electron chi connectivity index (χ0n) is 7.91. The van der Waals surface area contributed by atoms with Gasteiger partial charge < -0.3 is 4.74 Å². The van der Waals surface area contributed by atoms with Crippen molar-refractivity contribution in [3.05, 3.63) is 29.0 Å². The lowest BCUT2D eigenvalue weighted by molar-refractivity contribution is 0.398. The van der Waals surface area contributed by atoms with E-state index in [0.717, 1.165) is 16.5 Å². The van der Waals surface area contributed by atoms with Crippen LogP contribution in [0, 0.1) is 6.92 Å². The van der Waals surface area contributed by atoms with Crippen LogP contribution in [0.3, 0.4) is 0 Å². The van der Waals surface area contributed by atoms with E-state index in [9.17, 15) is 0 Å². The largest absolute Gasteiger partial charge is 0.481 e. The smallest absolute Gasteiger partial charge is 0.213 e. The van der Waals surface area contributed by atoms with E-state index in [-0.39, 0.29) is 0 Å². The van der Waals surface area contributed by atoms with Gasteiger partial charge in [0.05, 0.1) is 23.8 Å². The maximum absolute atomic E-state index is 5.96. The highest BCUT2D eigenvalue weighted by atomic mass is 35.5. The van der Waals surface area contributed by atoms with Gasteiger partial charge in [-0.1, -0.05) is 11.6 Å². The van der Waals surface area contributed by atoms with Crippen LogP contribution in [-0.4, -0.2) is 17.1 Å². The number of fused-ring (bicyclic) bond motifs is 1. The van der Waals surface area contributed by atoms with Crippen molar-refractivity contribution in [3.8, 4) is 5.88 Å². The van der Waals surface area contributed by atoms with Gasteiger partial charge in [-0.15, -0.1) is 0 Å². The van der Waals surface area contributed by atoms with Crippen LogP contribution in [0.1, 0.15) is 5.56 Å². The fraction of sp³-hybridized carbons (Fsp3) is 0.200. The van der Waals surface area contributed by atoms with Gasteiger partial charge >= 0.3 is 0 Å². The van der Waals surface area contributed by atoms with Crippen LogP contribution in [0.5, 0.6) is 5.88 Å². The third kappa shape index (κ3) is 1.40. The maximum Gasteiger partial charge on any atom is 0.213 e. The second-order valence-electron chi connectivity index (χ2n) is 2.97. The minimum Gasteiger partial charge on any atom is -0.481 e. The van der Waals surface area contributed by atoms with E-state index >= 15 is 0 Å². The zero-order chi connectivity index (χ0) is 10.1. The average molecular weight is 209 g/mol. The summed E-state index contributed by atoms with van der Waals surface area (Å²) < 4.78 is 5.04. The average Bonchev–Trinajstić information content (AvgIpc) is 2.23. The molecular formula is C10H9ClN2O. The molecule has 0 amide bonds. The Hall–Kier alpha value is -1.35. The Morgan fingerprint density at radius 1 is 1.29 bits per heavy atom. The van der Waals surface area contributed by atoms with Crippen molar-refractivity contribution in [1.82, 2.24) is 9.97 Å². The number of aryl methyl sites for hydroxylation is 1. The van der Waals surface area contributed by atoms with E-state index in [1.807, 2.05) is 13.0 Å². The van der Waals surface area contributed by atoms with E-state index < -0.39 is 0 Å². The summed E-state index contributed by atoms with van der Waals surface area (Å²) in [6, 6.07) is 1.84. The van der Waals surface area contributed by atoms with Crippen molar-refractivity contribution >= 4 is 22.5 Å². The number of hydrogen-bond donors (Lipinski definition) is 0. The first kappa shape index (κ1) is 9.21. The third-order valence-electron chi connectivity index (χ3n) is 2.15. The van der Waals surface area contributed by atoms with Crippen LogP contribution in [-0.2, 0) is 0 Å². The number of halogens is 1. The quantitative estimate of drug-likeness (QED) is 0.723. The molecule has 2 aromatic heterocycles. The molecule has 0 bridgehead atoms. The molecule has 0 aliphatic carbocycles. The van der Waals surface area contributed by atoms with Gasteiger partial charge in [-0.3, -0.25) is 4.98 Å². The molecule has 14 heavy (non-hydrogen) atoms. The van der Waals surface area contributed by atoms with Gasteiger partial charge in [0, 0.05) is 17.6 Å². The van der Waals surface area contributed by atoms with Crippen LogP contribution in [0.15, 0.2) is 18.5 Å². The van der Waals surface area contributed by atoms with Crippen LogP contribution in [0.25, 0.3) is 10.9 Å². The van der Waals surface area contributed by atoms with E-state index in [4.69, 9.17) is 16.3 Å². The third-order valence-corrected chi connectivity index (χ3v) is 2.53. The molecule has 2 heterocycles. The summed E-state index contributed by atoms with van der Waals surface area (Å²) in [5.41, 5.74) is 1.82. The standard InChI is InChI=1S/C10H9ClN2O/c1-6-7-3-10(14-2)13-5-9(7)12-4-8(6)11/h3-5H,1-2H3. The summed E-state index contributed by atoms with van der Waals surface area (Å²) in [5.74, 6) is 0.574. The molecule has 0 radical (unpaired) electrons. The maximum atomic E-state index is 5.96. The van der Waals surface area contributed by atoms with Gasteiger partial charge in [0.2, 0.25) is 5.88 Å². The minimum absolute atomic E-state index is 0.574. The van der Waals surface area contributed by atoms with Gasteiger partial charge in [0.15, 0.2) is 0 Å². The molecule has 0 saturated carbocycles. The lowest BCUT2D eigenvalue weighted by atomic mass is 10.1. The molecule has 2 rings (SSSR count). The van der Waals surface area contributed by atoms with Gasteiger partial charge in [0.1, 0.15) is 0 Å². The van der Waals surface area contributed by atoms with E-state index in [1.165, 1.54) is 0 Å². The van der Waals surface area contributed by atoms with Crippen molar-refractivity contribution in [2.45, 2.75) is 6.92 Å². The van der Waals surface area contributed by atoms with Crippen molar-refractivity contribution in [2.24, 2.45) is 0 Å². The first-order valence-corrected chi connectivity index (χ1v) is 4.55. The summed E-state index contributed by atoms with van der Waals surface area (Å²) in [6.45, 7) is 1.95. The number of nitrogens with zero attached hydrogens (tertiary/aromatic N) is 2. The predicted octanol–water partition coefficient (Wildman–Crippen LogP) is 2.60. The number of hydrogen-bond acceptors (Lipinski definition) is 3. The molecule has 2 aromatic rings. The number of ether oxygens (including phenoxy) is 1. The summed E-state index contributed by atoms with van der Waals surface area (Å²) >= 11 is 5.96. The fourth-order valence-electron chi connectivity index (χ4n) is 1.30. The summed E-state index contributed by atoms with van der Waals surface area (Å²) in [4.78, 5) is 8.24. The Balaban J connectivity index is 2.78. The Morgan fingerprint density at radius 3 is 2.79 bits per heavy atom. The molecular weight excluding hydrogens is 200 g/mol. The molecule has 72 valence electrons. The SMILES string of the molecule is COc1cc2c(C)c(Cl)cnc2cn1. The van der Waals surface area contributed by atoms with Crippen molar-refractivity contribution in [3.63, 3.8) is 0 Å². The predicted molar refractivity (Wildman–Crippen MR) is 55.8 cm³/mol. The minimum atomic E-state index is 0.574. The summed E-state index contributed by atoms with van der Waals surface area (Å²) in [7, 11) is 1.58. The summed E-state index contributed by atoms with van der Waals surface area (Å²) in [6.07, 6.45) is 3.31. The van der Waals surface area contributed by atoms with Gasteiger partial charge in [-0.25, -0.2) is 4.98 Å². The monoisotopic (exact) mass is 208 g/mol. The molecule has 0 aromatic carbocycles. The Morgan fingerprint density at radius 2 is 2.07 bits per heavy atom. The molecule has 0 fully saturated rings. The fourth-order valence-corrected chi connectivity index (χ4v) is 1.45. The number of aromatic nitrogens is 2. The molecule has 0 aliphatic heterocycles. The van der Waals surface area contributed by atoms with E-state index in [2.05, 4.69) is 9.97 Å². The highest BCUT2D eigenvalue weighted by Gasteiger charge is 2.04. The molecule has 0 N–H and O–H groups in total. The number of rotatable bonds is 1. The van der Waals surface area contributed by atoms with Crippen LogP contribution < -0.4 is 4.74 Å². The summed E-state index contributed by atoms with van der Waals surface area (Å²) in [5, 5.41) is 1.63. The lowest BCUT2D eigenvalue weighted by Crippen LogP contribution is -1.90. The normalized spacial score (nSPS) is 10.5. The van der Waals surface area contributed by atoms with Gasteiger partial charge in [-0.05, 0) is 12.5 Å². The highest BCUT2D eigenvalue weighted by Crippen LogP contribution is 2.24. The Labute approximate surface area is 86.7 Å². The van der Waals surface area contributed by atoms with Crippen LogP contribution in [0.2, 0.25) is 5.02 Å². The van der Waals surface area contributed by atoms with Gasteiger partial charge in [0.25, 0.3) is 0 Å². The lowest BCUT2D eigenvalue weighted by Gasteiger charge is -2.04. The molecule has 0 spiro atoms. The van der Waals surface area contributed by atoms with Crippen LogP contribution >= 0.6 is 11.6 Å². The highest BCUT2D eigenvalue weighted by molar-refractivity contribution is 6.32. The van der Waals surface area contributed by atoms with Crippen molar-refractivity contribution in [1.29, 1.82) is 0 Å². The molecule has 0 aliphatic rings. The Bertz CT molecular complexity index is 485. The molecule has 3 nitrogen and oxygen atoms in total. The Kier molecular flexibility index (Phi) is 2.25. The number of pyridine rings is 2.